The molecule has 1 heterocycles. The van der Waals surface area contributed by atoms with Crippen LogP contribution >= 0.6 is 11.6 Å². The largest absolute Gasteiger partial charge is 0.494 e. The molecule has 1 saturated heterocycles. The van der Waals surface area contributed by atoms with E-state index in [0.717, 1.165) is 31.4 Å². The second-order valence-corrected chi connectivity index (χ2v) is 5.20. The fraction of sp³-hybridized carbons (Fsp3) is 0.571. The number of methoxy groups -OCH3 is 1. The predicted octanol–water partition coefficient (Wildman–Crippen LogP) is 3.41. The zero-order chi connectivity index (χ0) is 13.0. The van der Waals surface area contributed by atoms with Crippen LogP contribution in [0.3, 0.4) is 0 Å². The lowest BCUT2D eigenvalue weighted by Crippen LogP contribution is -2.35. The maximum Gasteiger partial charge on any atom is 0.165 e. The van der Waals surface area contributed by atoms with E-state index in [9.17, 15) is 4.39 Å². The molecule has 1 fully saturated rings. The molecule has 1 aliphatic rings. The van der Waals surface area contributed by atoms with Gasteiger partial charge in [0.15, 0.2) is 11.6 Å². The predicted molar refractivity (Wildman–Crippen MR) is 69.9 cm³/mol. The molecule has 18 heavy (non-hydrogen) atoms. The maximum absolute atomic E-state index is 13.6. The molecule has 1 atom stereocenters. The van der Waals surface area contributed by atoms with E-state index in [1.54, 1.807) is 6.07 Å². The zero-order valence-corrected chi connectivity index (χ0v) is 11.3. The number of hydrogen-bond donors (Lipinski definition) is 0. The summed E-state index contributed by atoms with van der Waals surface area (Å²) in [6, 6.07) is 5.09. The van der Waals surface area contributed by atoms with Gasteiger partial charge in [0.25, 0.3) is 0 Å². The van der Waals surface area contributed by atoms with Gasteiger partial charge in [0.2, 0.25) is 0 Å². The summed E-state index contributed by atoms with van der Waals surface area (Å²) in [7, 11) is 1.47. The number of benzene rings is 1. The summed E-state index contributed by atoms with van der Waals surface area (Å²) in [5.41, 5.74) is 0.889. The molecule has 4 heteroatoms. The van der Waals surface area contributed by atoms with Crippen molar-refractivity contribution in [3.8, 4) is 5.75 Å². The van der Waals surface area contributed by atoms with Crippen LogP contribution in [-0.2, 0) is 11.2 Å². The van der Waals surface area contributed by atoms with Crippen LogP contribution in [0.2, 0.25) is 0 Å². The average molecular weight is 273 g/mol. The number of rotatable bonds is 4. The topological polar surface area (TPSA) is 18.5 Å². The molecule has 0 saturated carbocycles. The van der Waals surface area contributed by atoms with Crippen LogP contribution in [0.4, 0.5) is 4.39 Å². The Kier molecular flexibility index (Phi) is 4.46. The van der Waals surface area contributed by atoms with Gasteiger partial charge in [0, 0.05) is 17.9 Å². The van der Waals surface area contributed by atoms with Gasteiger partial charge in [-0.2, -0.15) is 0 Å². The first-order valence-electron chi connectivity index (χ1n) is 6.15. The van der Waals surface area contributed by atoms with E-state index >= 15 is 0 Å². The van der Waals surface area contributed by atoms with Crippen LogP contribution in [0.5, 0.6) is 5.75 Å². The van der Waals surface area contributed by atoms with E-state index in [-0.39, 0.29) is 17.0 Å². The van der Waals surface area contributed by atoms with Gasteiger partial charge in [-0.3, -0.25) is 0 Å². The summed E-state index contributed by atoms with van der Waals surface area (Å²) in [5.74, 6) is 0.496. The van der Waals surface area contributed by atoms with Crippen molar-refractivity contribution in [1.82, 2.24) is 0 Å². The minimum Gasteiger partial charge on any atom is -0.494 e. The lowest BCUT2D eigenvalue weighted by Gasteiger charge is -2.35. The van der Waals surface area contributed by atoms with Crippen LogP contribution in [0.15, 0.2) is 18.2 Å². The molecule has 2 nitrogen and oxygen atoms in total. The van der Waals surface area contributed by atoms with Crippen molar-refractivity contribution in [3.63, 3.8) is 0 Å². The summed E-state index contributed by atoms with van der Waals surface area (Å²) in [5, 5.41) is 0. The van der Waals surface area contributed by atoms with Gasteiger partial charge in [-0.15, -0.1) is 11.6 Å². The Bertz CT molecular complexity index is 403. The van der Waals surface area contributed by atoms with Gasteiger partial charge < -0.3 is 9.47 Å². The number of halogens is 2. The highest BCUT2D eigenvalue weighted by Crippen LogP contribution is 2.34. The molecule has 0 bridgehead atoms. The van der Waals surface area contributed by atoms with E-state index < -0.39 is 0 Å². The quantitative estimate of drug-likeness (QED) is 0.782. The fourth-order valence-electron chi connectivity index (χ4n) is 2.45. The monoisotopic (exact) mass is 272 g/mol. The van der Waals surface area contributed by atoms with Crippen LogP contribution < -0.4 is 4.74 Å². The van der Waals surface area contributed by atoms with Crippen LogP contribution in [0, 0.1) is 11.2 Å². The Morgan fingerprint density at radius 1 is 1.50 bits per heavy atom. The lowest BCUT2D eigenvalue weighted by molar-refractivity contribution is 0.00474. The second kappa shape index (κ2) is 5.89. The Morgan fingerprint density at radius 2 is 2.33 bits per heavy atom. The van der Waals surface area contributed by atoms with Crippen molar-refractivity contribution >= 4 is 11.6 Å². The third kappa shape index (κ3) is 2.96. The molecule has 0 spiro atoms. The van der Waals surface area contributed by atoms with E-state index in [1.165, 1.54) is 13.2 Å². The van der Waals surface area contributed by atoms with Gasteiger partial charge in [0.05, 0.1) is 13.7 Å². The van der Waals surface area contributed by atoms with Gasteiger partial charge in [-0.05, 0) is 37.0 Å². The highest BCUT2D eigenvalue weighted by Gasteiger charge is 2.32. The molecule has 0 aromatic heterocycles. The molecule has 1 aromatic rings. The van der Waals surface area contributed by atoms with Crippen LogP contribution in [0.25, 0.3) is 0 Å². The Morgan fingerprint density at radius 3 is 2.89 bits per heavy atom. The van der Waals surface area contributed by atoms with E-state index in [0.29, 0.717) is 12.5 Å². The van der Waals surface area contributed by atoms with Crippen LogP contribution in [-0.4, -0.2) is 26.2 Å². The molecular formula is C14H18ClFO2. The van der Waals surface area contributed by atoms with Crippen molar-refractivity contribution in [1.29, 1.82) is 0 Å². The number of alkyl halides is 1. The number of ether oxygens (including phenoxy) is 2. The normalized spacial score (nSPS) is 23.9. The van der Waals surface area contributed by atoms with Crippen molar-refractivity contribution < 1.29 is 13.9 Å². The van der Waals surface area contributed by atoms with Gasteiger partial charge in [-0.1, -0.05) is 6.07 Å². The first-order valence-corrected chi connectivity index (χ1v) is 6.69. The van der Waals surface area contributed by atoms with Crippen molar-refractivity contribution in [2.75, 3.05) is 26.2 Å². The van der Waals surface area contributed by atoms with Crippen molar-refractivity contribution in [3.05, 3.63) is 29.6 Å². The minimum atomic E-state index is -0.323. The molecule has 100 valence electrons. The van der Waals surface area contributed by atoms with Gasteiger partial charge in [0.1, 0.15) is 0 Å². The SMILES string of the molecule is COc1ccc(CC2(CCl)CCCOC2)cc1F. The molecule has 0 radical (unpaired) electrons. The summed E-state index contributed by atoms with van der Waals surface area (Å²) in [6.45, 7) is 1.46. The lowest BCUT2D eigenvalue weighted by atomic mass is 9.79. The molecular weight excluding hydrogens is 255 g/mol. The summed E-state index contributed by atoms with van der Waals surface area (Å²) in [6.07, 6.45) is 2.80. The average Bonchev–Trinajstić information content (AvgIpc) is 2.40. The summed E-state index contributed by atoms with van der Waals surface area (Å²) >= 11 is 6.09. The van der Waals surface area contributed by atoms with Crippen molar-refractivity contribution in [2.24, 2.45) is 5.41 Å². The van der Waals surface area contributed by atoms with Gasteiger partial charge >= 0.3 is 0 Å². The second-order valence-electron chi connectivity index (χ2n) is 4.94. The zero-order valence-electron chi connectivity index (χ0n) is 10.5. The maximum atomic E-state index is 13.6. The van der Waals surface area contributed by atoms with E-state index in [1.807, 2.05) is 6.07 Å². The summed E-state index contributed by atoms with van der Waals surface area (Å²) in [4.78, 5) is 0. The molecule has 0 amide bonds. The summed E-state index contributed by atoms with van der Waals surface area (Å²) < 4.78 is 24.1. The molecule has 1 aromatic carbocycles. The number of hydrogen-bond acceptors (Lipinski definition) is 2. The Labute approximate surface area is 112 Å². The minimum absolute atomic E-state index is 0.0547. The molecule has 0 N–H and O–H groups in total. The smallest absolute Gasteiger partial charge is 0.165 e. The molecule has 0 aliphatic carbocycles. The molecule has 1 aliphatic heterocycles. The van der Waals surface area contributed by atoms with Crippen LogP contribution in [0.1, 0.15) is 18.4 Å². The Hall–Kier alpha value is -0.800. The highest BCUT2D eigenvalue weighted by atomic mass is 35.5. The Balaban J connectivity index is 2.14. The molecule has 2 rings (SSSR count). The highest BCUT2D eigenvalue weighted by molar-refractivity contribution is 6.18. The standard InChI is InChI=1S/C14H18ClFO2/c1-17-13-4-3-11(7-12(13)16)8-14(9-15)5-2-6-18-10-14/h3-4,7H,2,5-6,8-10H2,1H3. The first kappa shape index (κ1) is 13.6. The first-order chi connectivity index (χ1) is 8.69. The third-order valence-corrected chi connectivity index (χ3v) is 4.05. The van der Waals surface area contributed by atoms with Crippen molar-refractivity contribution in [2.45, 2.75) is 19.3 Å². The third-order valence-electron chi connectivity index (χ3n) is 3.48. The molecule has 1 unspecified atom stereocenters. The van der Waals surface area contributed by atoms with E-state index in [4.69, 9.17) is 21.1 Å². The van der Waals surface area contributed by atoms with E-state index in [2.05, 4.69) is 0 Å². The fourth-order valence-corrected chi connectivity index (χ4v) is 2.76. The van der Waals surface area contributed by atoms with Gasteiger partial charge in [-0.25, -0.2) is 4.39 Å².